The fourth-order valence-corrected chi connectivity index (χ4v) is 5.09. The van der Waals surface area contributed by atoms with Crippen LogP contribution in [0.25, 0.3) is 0 Å². The Hall–Kier alpha value is -3.83. The van der Waals surface area contributed by atoms with Gasteiger partial charge in [-0.2, -0.15) is 0 Å². The summed E-state index contributed by atoms with van der Waals surface area (Å²) in [4.78, 5) is 21.9. The highest BCUT2D eigenvalue weighted by Crippen LogP contribution is 2.40. The second kappa shape index (κ2) is 11.3. The normalized spacial score (nSPS) is 14.9. The number of benzene rings is 3. The number of anilines is 3. The van der Waals surface area contributed by atoms with E-state index < -0.39 is 0 Å². The summed E-state index contributed by atoms with van der Waals surface area (Å²) < 4.78 is 0. The van der Waals surface area contributed by atoms with Gasteiger partial charge in [0, 0.05) is 54.6 Å². The summed E-state index contributed by atoms with van der Waals surface area (Å²) >= 11 is 6.24. The minimum atomic E-state index is -0.246. The van der Waals surface area contributed by atoms with E-state index in [1.807, 2.05) is 65.8 Å². The predicted molar refractivity (Wildman–Crippen MR) is 157 cm³/mol. The van der Waals surface area contributed by atoms with E-state index in [1.54, 1.807) is 0 Å². The Morgan fingerprint density at radius 3 is 2.39 bits per heavy atom. The molecule has 6 heteroatoms. The number of aromatic nitrogens is 1. The number of rotatable bonds is 8. The Balaban J connectivity index is 1.49. The number of halogens is 1. The van der Waals surface area contributed by atoms with Gasteiger partial charge in [0.05, 0.1) is 12.5 Å². The van der Waals surface area contributed by atoms with Gasteiger partial charge >= 0.3 is 0 Å². The number of pyridine rings is 1. The van der Waals surface area contributed by atoms with Gasteiger partial charge in [-0.1, -0.05) is 43.6 Å². The zero-order valence-electron chi connectivity index (χ0n) is 22.1. The molecule has 38 heavy (non-hydrogen) atoms. The first-order valence-electron chi connectivity index (χ1n) is 13.0. The lowest BCUT2D eigenvalue weighted by Crippen LogP contribution is -2.41. The van der Waals surface area contributed by atoms with Crippen LogP contribution in [0.1, 0.15) is 42.1 Å². The van der Waals surface area contributed by atoms with Crippen LogP contribution in [0.3, 0.4) is 0 Å². The van der Waals surface area contributed by atoms with Gasteiger partial charge in [-0.3, -0.25) is 9.78 Å². The van der Waals surface area contributed by atoms with Crippen molar-refractivity contribution < 1.29 is 4.79 Å². The highest BCUT2D eigenvalue weighted by atomic mass is 35.5. The van der Waals surface area contributed by atoms with Gasteiger partial charge in [0.1, 0.15) is 0 Å². The third kappa shape index (κ3) is 5.68. The first kappa shape index (κ1) is 25.8. The maximum atomic E-state index is 13.6. The molecule has 1 aliphatic heterocycles. The van der Waals surface area contributed by atoms with Crippen molar-refractivity contribution >= 4 is 34.6 Å². The topological polar surface area (TPSA) is 48.5 Å². The van der Waals surface area contributed by atoms with Gasteiger partial charge in [-0.15, -0.1) is 0 Å². The molecule has 4 aromatic rings. The monoisotopic (exact) mass is 524 g/mol. The lowest BCUT2D eigenvalue weighted by atomic mass is 9.87. The molecule has 3 aromatic carbocycles. The van der Waals surface area contributed by atoms with E-state index in [9.17, 15) is 4.79 Å². The van der Waals surface area contributed by atoms with Gasteiger partial charge in [0.15, 0.2) is 0 Å². The average Bonchev–Trinajstić information content (AvgIpc) is 2.92. The molecule has 0 saturated carbocycles. The van der Waals surface area contributed by atoms with Crippen LogP contribution >= 0.6 is 11.6 Å². The van der Waals surface area contributed by atoms with Crippen LogP contribution in [0.4, 0.5) is 17.1 Å². The molecule has 0 radical (unpaired) electrons. The first-order chi connectivity index (χ1) is 18.4. The van der Waals surface area contributed by atoms with E-state index in [2.05, 4.69) is 66.4 Å². The second-order valence-electron chi connectivity index (χ2n) is 10.3. The standard InChI is InChI=1S/C32H33ClN4O/c1-22(2)20-35-27-9-6-25-18-31(38)37(32(30(25)19-27)24-4-7-26(33)8-5-24)29-12-10-28(11-13-29)36(3)21-23-14-16-34-17-15-23/h4-17,19,22,32,35H,18,20-21H2,1-3H3. The molecule has 1 unspecified atom stereocenters. The molecular weight excluding hydrogens is 492 g/mol. The van der Waals surface area contributed by atoms with Crippen molar-refractivity contribution in [2.24, 2.45) is 5.92 Å². The number of hydrogen-bond acceptors (Lipinski definition) is 4. The minimum Gasteiger partial charge on any atom is -0.385 e. The summed E-state index contributed by atoms with van der Waals surface area (Å²) in [5.41, 5.74) is 7.46. The van der Waals surface area contributed by atoms with E-state index in [-0.39, 0.29) is 11.9 Å². The lowest BCUT2D eigenvalue weighted by Gasteiger charge is -2.38. The Morgan fingerprint density at radius 1 is 1.00 bits per heavy atom. The number of hydrogen-bond donors (Lipinski definition) is 1. The highest BCUT2D eigenvalue weighted by molar-refractivity contribution is 6.30. The van der Waals surface area contributed by atoms with Gasteiger partial charge in [-0.25, -0.2) is 0 Å². The van der Waals surface area contributed by atoms with E-state index in [0.29, 0.717) is 17.4 Å². The zero-order valence-corrected chi connectivity index (χ0v) is 22.8. The quantitative estimate of drug-likeness (QED) is 0.266. The number of nitrogens with zero attached hydrogens (tertiary/aromatic N) is 3. The van der Waals surface area contributed by atoms with Gasteiger partial charge < -0.3 is 15.1 Å². The van der Waals surface area contributed by atoms with E-state index in [4.69, 9.17) is 11.6 Å². The fourth-order valence-electron chi connectivity index (χ4n) is 4.96. The number of carbonyl (C=O) groups excluding carboxylic acids is 1. The van der Waals surface area contributed by atoms with Crippen LogP contribution in [0.2, 0.25) is 5.02 Å². The third-order valence-corrected chi connectivity index (χ3v) is 7.20. The second-order valence-corrected chi connectivity index (χ2v) is 10.7. The predicted octanol–water partition coefficient (Wildman–Crippen LogP) is 7.12. The number of amides is 1. The van der Waals surface area contributed by atoms with Crippen molar-refractivity contribution in [3.8, 4) is 0 Å². The summed E-state index contributed by atoms with van der Waals surface area (Å²) in [5.74, 6) is 0.615. The molecule has 0 aliphatic carbocycles. The van der Waals surface area contributed by atoms with E-state index in [0.717, 1.165) is 46.8 Å². The van der Waals surface area contributed by atoms with Crippen molar-refractivity contribution in [3.05, 3.63) is 119 Å². The average molecular weight is 525 g/mol. The Labute approximate surface area is 230 Å². The molecule has 0 fully saturated rings. The molecule has 0 spiro atoms. The fraction of sp³-hybridized carbons (Fsp3) is 0.250. The molecule has 5 rings (SSSR count). The molecule has 0 bridgehead atoms. The van der Waals surface area contributed by atoms with E-state index in [1.165, 1.54) is 5.56 Å². The largest absolute Gasteiger partial charge is 0.385 e. The van der Waals surface area contributed by atoms with Crippen molar-refractivity contribution in [2.75, 3.05) is 28.7 Å². The number of carbonyl (C=O) groups is 1. The Bertz CT molecular complexity index is 1390. The maximum Gasteiger partial charge on any atom is 0.232 e. The van der Waals surface area contributed by atoms with Crippen LogP contribution in [-0.2, 0) is 17.8 Å². The smallest absolute Gasteiger partial charge is 0.232 e. The molecule has 2 heterocycles. The maximum absolute atomic E-state index is 13.6. The summed E-state index contributed by atoms with van der Waals surface area (Å²) in [6, 6.07) is 26.3. The van der Waals surface area contributed by atoms with Crippen molar-refractivity contribution in [1.29, 1.82) is 0 Å². The minimum absolute atomic E-state index is 0.0817. The molecular formula is C32H33ClN4O. The van der Waals surface area contributed by atoms with Crippen molar-refractivity contribution in [1.82, 2.24) is 4.98 Å². The third-order valence-electron chi connectivity index (χ3n) is 6.95. The van der Waals surface area contributed by atoms with Gasteiger partial charge in [0.2, 0.25) is 5.91 Å². The molecule has 1 amide bonds. The SMILES string of the molecule is CC(C)CNc1ccc2c(c1)C(c1ccc(Cl)cc1)N(c1ccc(N(C)Cc3ccncc3)cc1)C(=O)C2. The van der Waals surface area contributed by atoms with Crippen LogP contribution in [0, 0.1) is 5.92 Å². The van der Waals surface area contributed by atoms with E-state index >= 15 is 0 Å². The molecule has 5 nitrogen and oxygen atoms in total. The molecule has 1 aromatic heterocycles. The summed E-state index contributed by atoms with van der Waals surface area (Å²) in [7, 11) is 2.07. The number of nitrogens with one attached hydrogen (secondary N) is 1. The summed E-state index contributed by atoms with van der Waals surface area (Å²) in [6.45, 7) is 6.06. The van der Waals surface area contributed by atoms with Crippen LogP contribution < -0.4 is 15.1 Å². The first-order valence-corrected chi connectivity index (χ1v) is 13.4. The number of fused-ring (bicyclic) bond motifs is 1. The Morgan fingerprint density at radius 2 is 1.71 bits per heavy atom. The Kier molecular flexibility index (Phi) is 7.66. The summed E-state index contributed by atoms with van der Waals surface area (Å²) in [6.07, 6.45) is 3.99. The van der Waals surface area contributed by atoms with Crippen molar-refractivity contribution in [2.45, 2.75) is 32.9 Å². The lowest BCUT2D eigenvalue weighted by molar-refractivity contribution is -0.118. The summed E-state index contributed by atoms with van der Waals surface area (Å²) in [5, 5.41) is 4.22. The zero-order chi connectivity index (χ0) is 26.6. The molecule has 1 atom stereocenters. The molecule has 1 aliphatic rings. The van der Waals surface area contributed by atoms with Gasteiger partial charge in [0.25, 0.3) is 0 Å². The highest BCUT2D eigenvalue weighted by Gasteiger charge is 2.35. The molecule has 1 N–H and O–H groups in total. The molecule has 194 valence electrons. The van der Waals surface area contributed by atoms with Crippen molar-refractivity contribution in [3.63, 3.8) is 0 Å². The van der Waals surface area contributed by atoms with Gasteiger partial charge in [-0.05, 0) is 88.8 Å². The molecule has 0 saturated heterocycles. The van der Waals surface area contributed by atoms with Crippen LogP contribution in [0.15, 0.2) is 91.3 Å². The van der Waals surface area contributed by atoms with Crippen LogP contribution in [-0.4, -0.2) is 24.5 Å². The van der Waals surface area contributed by atoms with Crippen LogP contribution in [0.5, 0.6) is 0 Å².